The number of anilines is 2. The maximum atomic E-state index is 13.2. The molecular weight excluding hydrogens is 348 g/mol. The highest BCUT2D eigenvalue weighted by atomic mass is 16.5. The highest BCUT2D eigenvalue weighted by molar-refractivity contribution is 6.11. The minimum Gasteiger partial charge on any atom is -0.494 e. The van der Waals surface area contributed by atoms with Crippen molar-refractivity contribution in [1.82, 2.24) is 0 Å². The lowest BCUT2D eigenvalue weighted by atomic mass is 10.1. The van der Waals surface area contributed by atoms with E-state index in [0.29, 0.717) is 6.61 Å². The first-order valence-corrected chi connectivity index (χ1v) is 9.57. The zero-order valence-corrected chi connectivity index (χ0v) is 16.4. The number of rotatable bonds is 5. The van der Waals surface area contributed by atoms with Crippen molar-refractivity contribution in [2.45, 2.75) is 26.9 Å². The van der Waals surface area contributed by atoms with Gasteiger partial charge in [-0.2, -0.15) is 0 Å². The van der Waals surface area contributed by atoms with Crippen LogP contribution in [0.25, 0.3) is 0 Å². The van der Waals surface area contributed by atoms with E-state index in [1.807, 2.05) is 60.4 Å². The van der Waals surface area contributed by atoms with Crippen LogP contribution in [-0.4, -0.2) is 12.5 Å². The number of carbonyl (C=O) groups excluding carboxylic acids is 1. The second kappa shape index (κ2) is 7.39. The molecule has 1 atom stereocenters. The van der Waals surface area contributed by atoms with Gasteiger partial charge in [0.2, 0.25) is 0 Å². The van der Waals surface area contributed by atoms with Crippen LogP contribution in [0.5, 0.6) is 5.75 Å². The normalized spacial score (nSPS) is 15.5. The largest absolute Gasteiger partial charge is 0.494 e. The summed E-state index contributed by atoms with van der Waals surface area (Å²) in [4.78, 5) is 15.0. The number of amides is 1. The van der Waals surface area contributed by atoms with E-state index in [-0.39, 0.29) is 12.1 Å². The molecule has 3 aromatic carbocycles. The first kappa shape index (κ1) is 18.1. The van der Waals surface area contributed by atoms with E-state index in [1.54, 1.807) is 0 Å². The van der Waals surface area contributed by atoms with Crippen molar-refractivity contribution < 1.29 is 9.53 Å². The molecular formula is C24H24N2O2. The summed E-state index contributed by atoms with van der Waals surface area (Å²) in [5.41, 5.74) is 5.96. The van der Waals surface area contributed by atoms with Gasteiger partial charge in [-0.25, -0.2) is 0 Å². The molecule has 28 heavy (non-hydrogen) atoms. The van der Waals surface area contributed by atoms with Crippen molar-refractivity contribution in [3.8, 4) is 5.75 Å². The van der Waals surface area contributed by atoms with Crippen LogP contribution in [0.1, 0.15) is 40.1 Å². The van der Waals surface area contributed by atoms with Crippen LogP contribution in [0, 0.1) is 13.8 Å². The summed E-state index contributed by atoms with van der Waals surface area (Å²) in [6.07, 6.45) is -0.261. The lowest BCUT2D eigenvalue weighted by Crippen LogP contribution is -2.32. The lowest BCUT2D eigenvalue weighted by molar-refractivity contribution is 0.0993. The van der Waals surface area contributed by atoms with Crippen LogP contribution in [-0.2, 0) is 0 Å². The molecule has 0 saturated heterocycles. The third-order valence-corrected chi connectivity index (χ3v) is 5.06. The van der Waals surface area contributed by atoms with Gasteiger partial charge in [-0.3, -0.25) is 9.69 Å². The van der Waals surface area contributed by atoms with E-state index in [4.69, 9.17) is 4.74 Å². The van der Waals surface area contributed by atoms with Gasteiger partial charge in [-0.05, 0) is 62.7 Å². The van der Waals surface area contributed by atoms with Crippen molar-refractivity contribution in [1.29, 1.82) is 0 Å². The average Bonchev–Trinajstić information content (AvgIpc) is 2.97. The Morgan fingerprint density at radius 3 is 2.46 bits per heavy atom. The SMILES string of the molecule is CCOc1ccc(N2C(=O)c3ccccc3C2Nc2ccc(C)cc2C)cc1. The number of hydrogen-bond donors (Lipinski definition) is 1. The molecule has 4 heteroatoms. The van der Waals surface area contributed by atoms with Crippen molar-refractivity contribution in [2.75, 3.05) is 16.8 Å². The zero-order valence-electron chi connectivity index (χ0n) is 16.4. The number of nitrogens with one attached hydrogen (secondary N) is 1. The van der Waals surface area contributed by atoms with E-state index in [0.717, 1.165) is 33.8 Å². The van der Waals surface area contributed by atoms with Gasteiger partial charge in [-0.15, -0.1) is 0 Å². The Morgan fingerprint density at radius 1 is 1.00 bits per heavy atom. The Balaban J connectivity index is 1.74. The molecule has 0 bridgehead atoms. The van der Waals surface area contributed by atoms with Crippen LogP contribution in [0.15, 0.2) is 66.7 Å². The number of carbonyl (C=O) groups is 1. The summed E-state index contributed by atoms with van der Waals surface area (Å²) in [6, 6.07) is 21.8. The predicted molar refractivity (Wildman–Crippen MR) is 113 cm³/mol. The molecule has 1 unspecified atom stereocenters. The molecule has 0 aliphatic carbocycles. The molecule has 1 N–H and O–H groups in total. The third kappa shape index (κ3) is 3.22. The van der Waals surface area contributed by atoms with Crippen LogP contribution in [0.4, 0.5) is 11.4 Å². The maximum Gasteiger partial charge on any atom is 0.260 e. The van der Waals surface area contributed by atoms with Gasteiger partial charge in [-0.1, -0.05) is 35.9 Å². The minimum absolute atomic E-state index is 0.00187. The highest BCUT2D eigenvalue weighted by Gasteiger charge is 2.37. The average molecular weight is 372 g/mol. The molecule has 1 aliphatic rings. The molecule has 1 heterocycles. The summed E-state index contributed by atoms with van der Waals surface area (Å²) in [6.45, 7) is 6.74. The van der Waals surface area contributed by atoms with Gasteiger partial charge >= 0.3 is 0 Å². The van der Waals surface area contributed by atoms with Crippen LogP contribution >= 0.6 is 0 Å². The fraction of sp³-hybridized carbons (Fsp3) is 0.208. The molecule has 0 aromatic heterocycles. The van der Waals surface area contributed by atoms with Gasteiger partial charge in [0.1, 0.15) is 11.9 Å². The number of ether oxygens (including phenoxy) is 1. The predicted octanol–water partition coefficient (Wildman–Crippen LogP) is 5.47. The summed E-state index contributed by atoms with van der Waals surface area (Å²) in [5, 5.41) is 3.59. The topological polar surface area (TPSA) is 41.6 Å². The summed E-state index contributed by atoms with van der Waals surface area (Å²) >= 11 is 0. The fourth-order valence-corrected chi connectivity index (χ4v) is 3.72. The van der Waals surface area contributed by atoms with Crippen LogP contribution in [0.3, 0.4) is 0 Å². The Kier molecular flexibility index (Phi) is 4.78. The van der Waals surface area contributed by atoms with Crippen molar-refractivity contribution >= 4 is 17.3 Å². The Hall–Kier alpha value is -3.27. The van der Waals surface area contributed by atoms with Crippen molar-refractivity contribution in [3.63, 3.8) is 0 Å². The van der Waals surface area contributed by atoms with E-state index in [9.17, 15) is 4.79 Å². The molecule has 3 aromatic rings. The highest BCUT2D eigenvalue weighted by Crippen LogP contribution is 2.39. The van der Waals surface area contributed by atoms with E-state index >= 15 is 0 Å². The Morgan fingerprint density at radius 2 is 1.75 bits per heavy atom. The summed E-state index contributed by atoms with van der Waals surface area (Å²) in [5.74, 6) is 0.802. The molecule has 4 nitrogen and oxygen atoms in total. The monoisotopic (exact) mass is 372 g/mol. The molecule has 1 aliphatic heterocycles. The standard InChI is InChI=1S/C24H24N2O2/c1-4-28-19-12-10-18(11-13-19)26-23(20-7-5-6-8-21(20)24(26)27)25-22-14-9-16(2)15-17(22)3/h5-15,23,25H,4H2,1-3H3. The number of fused-ring (bicyclic) bond motifs is 1. The maximum absolute atomic E-state index is 13.2. The molecule has 0 fully saturated rings. The van der Waals surface area contributed by atoms with Gasteiger partial charge in [0.15, 0.2) is 0 Å². The second-order valence-electron chi connectivity index (χ2n) is 7.05. The van der Waals surface area contributed by atoms with Crippen LogP contribution < -0.4 is 15.0 Å². The first-order valence-electron chi connectivity index (χ1n) is 9.57. The third-order valence-electron chi connectivity index (χ3n) is 5.06. The summed E-state index contributed by atoms with van der Waals surface area (Å²) in [7, 11) is 0. The van der Waals surface area contributed by atoms with Gasteiger partial charge in [0, 0.05) is 22.5 Å². The van der Waals surface area contributed by atoms with E-state index in [2.05, 4.69) is 37.4 Å². The zero-order chi connectivity index (χ0) is 19.7. The Bertz CT molecular complexity index is 1010. The number of hydrogen-bond acceptors (Lipinski definition) is 3. The minimum atomic E-state index is -0.261. The van der Waals surface area contributed by atoms with Crippen molar-refractivity contribution in [3.05, 3.63) is 89.0 Å². The molecule has 1 amide bonds. The Labute approximate surface area is 165 Å². The molecule has 0 spiro atoms. The smallest absolute Gasteiger partial charge is 0.260 e. The summed E-state index contributed by atoms with van der Waals surface area (Å²) < 4.78 is 5.54. The lowest BCUT2D eigenvalue weighted by Gasteiger charge is -2.28. The van der Waals surface area contributed by atoms with E-state index < -0.39 is 0 Å². The quantitative estimate of drug-likeness (QED) is 0.645. The van der Waals surface area contributed by atoms with Gasteiger partial charge in [0.05, 0.1) is 6.61 Å². The second-order valence-corrected chi connectivity index (χ2v) is 7.05. The fourth-order valence-electron chi connectivity index (χ4n) is 3.72. The number of aryl methyl sites for hydroxylation is 2. The number of benzene rings is 3. The number of nitrogens with zero attached hydrogens (tertiary/aromatic N) is 1. The van der Waals surface area contributed by atoms with Crippen LogP contribution in [0.2, 0.25) is 0 Å². The molecule has 4 rings (SSSR count). The molecule has 0 radical (unpaired) electrons. The molecule has 142 valence electrons. The van der Waals surface area contributed by atoms with Gasteiger partial charge < -0.3 is 10.1 Å². The van der Waals surface area contributed by atoms with E-state index in [1.165, 1.54) is 5.56 Å². The molecule has 0 saturated carbocycles. The van der Waals surface area contributed by atoms with Crippen molar-refractivity contribution in [2.24, 2.45) is 0 Å². The van der Waals surface area contributed by atoms with Gasteiger partial charge in [0.25, 0.3) is 5.91 Å². The first-order chi connectivity index (χ1) is 13.6.